The summed E-state index contributed by atoms with van der Waals surface area (Å²) in [7, 11) is 0. The minimum atomic E-state index is 0.277. The topological polar surface area (TPSA) is 55.3 Å². The van der Waals surface area contributed by atoms with Crippen LogP contribution in [0.3, 0.4) is 0 Å². The van der Waals surface area contributed by atoms with Crippen LogP contribution in [0.5, 0.6) is 0 Å². The van der Waals surface area contributed by atoms with Crippen molar-refractivity contribution >= 4 is 5.88 Å². The van der Waals surface area contributed by atoms with Crippen molar-refractivity contribution in [1.82, 2.24) is 5.16 Å². The molecular weight excluding hydrogens is 166 g/mol. The molecule has 72 valence electrons. The number of rotatable bonds is 1. The van der Waals surface area contributed by atoms with E-state index in [2.05, 4.69) is 10.1 Å². The molecule has 0 radical (unpaired) electrons. The monoisotopic (exact) mass is 181 g/mol. The van der Waals surface area contributed by atoms with Crippen molar-refractivity contribution in [2.75, 3.05) is 18.0 Å². The zero-order chi connectivity index (χ0) is 9.26. The minimum Gasteiger partial charge on any atom is -0.339 e. The van der Waals surface area contributed by atoms with Crippen LogP contribution in [-0.4, -0.2) is 24.3 Å². The molecule has 0 aliphatic carbocycles. The van der Waals surface area contributed by atoms with Crippen molar-refractivity contribution in [1.29, 1.82) is 0 Å². The Morgan fingerprint density at radius 3 is 3.15 bits per heavy atom. The van der Waals surface area contributed by atoms with E-state index < -0.39 is 0 Å². The van der Waals surface area contributed by atoms with Gasteiger partial charge in [-0.25, -0.2) is 0 Å². The Bertz CT molecular complexity index is 284. The van der Waals surface area contributed by atoms with E-state index in [1.54, 1.807) is 0 Å². The van der Waals surface area contributed by atoms with Gasteiger partial charge in [0.2, 0.25) is 5.88 Å². The second-order valence-electron chi connectivity index (χ2n) is 3.65. The molecule has 1 aromatic heterocycles. The van der Waals surface area contributed by atoms with E-state index in [0.717, 1.165) is 37.5 Å². The number of nitrogens with two attached hydrogens (primary N) is 1. The van der Waals surface area contributed by atoms with Gasteiger partial charge in [-0.1, -0.05) is 5.16 Å². The number of nitrogens with zero attached hydrogens (tertiary/aromatic N) is 2. The zero-order valence-corrected chi connectivity index (χ0v) is 7.86. The van der Waals surface area contributed by atoms with Crippen molar-refractivity contribution in [2.45, 2.75) is 25.8 Å². The quantitative estimate of drug-likeness (QED) is 0.699. The first kappa shape index (κ1) is 8.56. The van der Waals surface area contributed by atoms with Crippen molar-refractivity contribution in [3.8, 4) is 0 Å². The summed E-state index contributed by atoms with van der Waals surface area (Å²) in [5.41, 5.74) is 6.79. The molecule has 1 unspecified atom stereocenters. The Balaban J connectivity index is 2.08. The van der Waals surface area contributed by atoms with Gasteiger partial charge in [-0.3, -0.25) is 0 Å². The highest BCUT2D eigenvalue weighted by atomic mass is 16.5. The Morgan fingerprint density at radius 2 is 2.54 bits per heavy atom. The number of piperidine rings is 1. The second kappa shape index (κ2) is 3.38. The molecule has 1 atom stereocenters. The minimum absolute atomic E-state index is 0.277. The van der Waals surface area contributed by atoms with Crippen molar-refractivity contribution < 1.29 is 4.52 Å². The summed E-state index contributed by atoms with van der Waals surface area (Å²) >= 11 is 0. The van der Waals surface area contributed by atoms with Crippen LogP contribution >= 0.6 is 0 Å². The highest BCUT2D eigenvalue weighted by Gasteiger charge is 2.19. The lowest BCUT2D eigenvalue weighted by Gasteiger charge is -2.29. The average molecular weight is 181 g/mol. The molecule has 0 bridgehead atoms. The third-order valence-electron chi connectivity index (χ3n) is 2.39. The zero-order valence-electron chi connectivity index (χ0n) is 7.86. The van der Waals surface area contributed by atoms with Crippen LogP contribution < -0.4 is 10.6 Å². The number of hydrogen-bond donors (Lipinski definition) is 1. The molecule has 2 rings (SSSR count). The molecule has 1 saturated heterocycles. The molecule has 1 aromatic rings. The summed E-state index contributed by atoms with van der Waals surface area (Å²) in [5.74, 6) is 0.854. The molecule has 4 heteroatoms. The maximum Gasteiger partial charge on any atom is 0.227 e. The van der Waals surface area contributed by atoms with Crippen molar-refractivity contribution in [3.63, 3.8) is 0 Å². The lowest BCUT2D eigenvalue weighted by atomic mass is 10.1. The van der Waals surface area contributed by atoms with Crippen LogP contribution in [0.1, 0.15) is 18.5 Å². The van der Waals surface area contributed by atoms with Gasteiger partial charge in [0.25, 0.3) is 0 Å². The first-order valence-electron chi connectivity index (χ1n) is 4.69. The largest absolute Gasteiger partial charge is 0.339 e. The summed E-state index contributed by atoms with van der Waals surface area (Å²) in [6.07, 6.45) is 2.25. The van der Waals surface area contributed by atoms with Crippen LogP contribution in [0, 0.1) is 6.92 Å². The predicted octanol–water partition coefficient (Wildman–Crippen LogP) is 0.911. The molecular formula is C9H15N3O. The van der Waals surface area contributed by atoms with Gasteiger partial charge in [0.15, 0.2) is 0 Å². The maximum absolute atomic E-state index is 5.87. The highest BCUT2D eigenvalue weighted by molar-refractivity contribution is 5.36. The average Bonchev–Trinajstić information content (AvgIpc) is 2.52. The summed E-state index contributed by atoms with van der Waals surface area (Å²) in [6.45, 7) is 3.84. The fourth-order valence-corrected chi connectivity index (χ4v) is 1.71. The van der Waals surface area contributed by atoms with E-state index in [9.17, 15) is 0 Å². The van der Waals surface area contributed by atoms with E-state index >= 15 is 0 Å². The number of hydrogen-bond acceptors (Lipinski definition) is 4. The molecule has 0 spiro atoms. The van der Waals surface area contributed by atoms with Crippen LogP contribution in [-0.2, 0) is 0 Å². The van der Waals surface area contributed by atoms with E-state index in [1.807, 2.05) is 13.0 Å². The van der Waals surface area contributed by atoms with Gasteiger partial charge >= 0.3 is 0 Å². The maximum atomic E-state index is 5.87. The lowest BCUT2D eigenvalue weighted by Crippen LogP contribution is -2.42. The normalized spacial score (nSPS) is 23.5. The van der Waals surface area contributed by atoms with Gasteiger partial charge in [-0.2, -0.15) is 0 Å². The Morgan fingerprint density at radius 1 is 1.69 bits per heavy atom. The molecule has 4 nitrogen and oxygen atoms in total. The van der Waals surface area contributed by atoms with Gasteiger partial charge in [0.05, 0.1) is 5.69 Å². The molecule has 1 aliphatic rings. The second-order valence-corrected chi connectivity index (χ2v) is 3.65. The van der Waals surface area contributed by atoms with Gasteiger partial charge in [-0.15, -0.1) is 0 Å². The molecule has 0 amide bonds. The SMILES string of the molecule is Cc1cc(N2CCCC(N)C2)on1. The molecule has 1 aliphatic heterocycles. The van der Waals surface area contributed by atoms with Crippen molar-refractivity contribution in [2.24, 2.45) is 5.73 Å². The summed E-state index contributed by atoms with van der Waals surface area (Å²) < 4.78 is 5.17. The molecule has 2 N–H and O–H groups in total. The van der Waals surface area contributed by atoms with E-state index in [0.29, 0.717) is 0 Å². The Hall–Kier alpha value is -1.03. The molecule has 2 heterocycles. The Labute approximate surface area is 77.7 Å². The Kier molecular flexibility index (Phi) is 2.22. The van der Waals surface area contributed by atoms with Gasteiger partial charge in [-0.05, 0) is 19.8 Å². The third-order valence-corrected chi connectivity index (χ3v) is 2.39. The summed E-state index contributed by atoms with van der Waals surface area (Å²) in [5, 5.41) is 3.86. The van der Waals surface area contributed by atoms with Crippen LogP contribution in [0.15, 0.2) is 10.6 Å². The first-order chi connectivity index (χ1) is 6.25. The molecule has 0 saturated carbocycles. The standard InChI is InChI=1S/C9H15N3O/c1-7-5-9(13-11-7)12-4-2-3-8(10)6-12/h5,8H,2-4,6,10H2,1H3. The molecule has 1 fully saturated rings. The number of aryl methyl sites for hydroxylation is 1. The van der Waals surface area contributed by atoms with Crippen LogP contribution in [0.25, 0.3) is 0 Å². The smallest absolute Gasteiger partial charge is 0.227 e. The van der Waals surface area contributed by atoms with Crippen LogP contribution in [0.4, 0.5) is 5.88 Å². The van der Waals surface area contributed by atoms with E-state index in [4.69, 9.17) is 10.3 Å². The van der Waals surface area contributed by atoms with Crippen molar-refractivity contribution in [3.05, 3.63) is 11.8 Å². The van der Waals surface area contributed by atoms with Gasteiger partial charge in [0, 0.05) is 25.2 Å². The fourth-order valence-electron chi connectivity index (χ4n) is 1.71. The van der Waals surface area contributed by atoms with E-state index in [-0.39, 0.29) is 6.04 Å². The summed E-state index contributed by atoms with van der Waals surface area (Å²) in [6, 6.07) is 2.23. The molecule has 13 heavy (non-hydrogen) atoms. The number of aromatic nitrogens is 1. The lowest BCUT2D eigenvalue weighted by molar-refractivity contribution is 0.392. The molecule has 0 aromatic carbocycles. The van der Waals surface area contributed by atoms with Crippen LogP contribution in [0.2, 0.25) is 0 Å². The fraction of sp³-hybridized carbons (Fsp3) is 0.667. The van der Waals surface area contributed by atoms with Gasteiger partial charge < -0.3 is 15.2 Å². The predicted molar refractivity (Wildman–Crippen MR) is 50.7 cm³/mol. The number of anilines is 1. The highest BCUT2D eigenvalue weighted by Crippen LogP contribution is 2.19. The first-order valence-corrected chi connectivity index (χ1v) is 4.69. The van der Waals surface area contributed by atoms with Gasteiger partial charge in [0.1, 0.15) is 0 Å². The van der Waals surface area contributed by atoms with E-state index in [1.165, 1.54) is 0 Å². The third kappa shape index (κ3) is 1.83. The summed E-state index contributed by atoms with van der Waals surface area (Å²) in [4.78, 5) is 2.16.